The van der Waals surface area contributed by atoms with Crippen molar-refractivity contribution in [2.24, 2.45) is 0 Å². The third-order valence-corrected chi connectivity index (χ3v) is 8.58. The molecule has 0 radical (unpaired) electrons. The number of nitrogens with zero attached hydrogens (tertiary/aromatic N) is 1. The summed E-state index contributed by atoms with van der Waals surface area (Å²) in [6.07, 6.45) is 19.3. The van der Waals surface area contributed by atoms with Crippen molar-refractivity contribution in [2.75, 3.05) is 40.5 Å². The van der Waals surface area contributed by atoms with Crippen LogP contribution >= 0.6 is 0 Å². The molecule has 0 bridgehead atoms. The maximum Gasteiger partial charge on any atom is 0.500 e. The van der Waals surface area contributed by atoms with Crippen LogP contribution in [0.4, 0.5) is 0 Å². The van der Waals surface area contributed by atoms with Gasteiger partial charge in [0.1, 0.15) is 0 Å². The van der Waals surface area contributed by atoms with Crippen molar-refractivity contribution in [3.05, 3.63) is 0 Å². The number of unbranched alkanes of at least 4 members (excludes halogenated alkanes) is 13. The SMILES string of the molecule is CCO[Si](CCCCCCCCCCCCCCCCN(C)C)(OCC)OCC. The topological polar surface area (TPSA) is 30.9 Å². The predicted octanol–water partition coefficient (Wildman–Crippen LogP) is 7.06. The second kappa shape index (κ2) is 21.3. The van der Waals surface area contributed by atoms with Crippen molar-refractivity contribution < 1.29 is 13.3 Å². The van der Waals surface area contributed by atoms with Crippen LogP contribution in [0.3, 0.4) is 0 Å². The molecular weight excluding hydrogens is 378 g/mol. The largest absolute Gasteiger partial charge is 0.500 e. The van der Waals surface area contributed by atoms with Crippen LogP contribution in [0.2, 0.25) is 6.04 Å². The molecule has 0 atom stereocenters. The first-order valence-electron chi connectivity index (χ1n) is 12.7. The van der Waals surface area contributed by atoms with E-state index in [-0.39, 0.29) is 0 Å². The van der Waals surface area contributed by atoms with E-state index >= 15 is 0 Å². The monoisotopic (exact) mass is 431 g/mol. The van der Waals surface area contributed by atoms with E-state index in [1.54, 1.807) is 0 Å². The summed E-state index contributed by atoms with van der Waals surface area (Å²) in [5, 5.41) is 0. The van der Waals surface area contributed by atoms with Gasteiger partial charge in [0.05, 0.1) is 0 Å². The van der Waals surface area contributed by atoms with E-state index in [0.29, 0.717) is 19.8 Å². The van der Waals surface area contributed by atoms with Gasteiger partial charge >= 0.3 is 8.80 Å². The summed E-state index contributed by atoms with van der Waals surface area (Å²) in [7, 11) is 1.92. The zero-order chi connectivity index (χ0) is 21.6. The minimum Gasteiger partial charge on any atom is -0.374 e. The molecule has 29 heavy (non-hydrogen) atoms. The molecular formula is C24H53NO3Si. The van der Waals surface area contributed by atoms with Crippen LogP contribution in [-0.2, 0) is 13.3 Å². The van der Waals surface area contributed by atoms with Gasteiger partial charge in [0.15, 0.2) is 0 Å². The van der Waals surface area contributed by atoms with Crippen LogP contribution in [0, 0.1) is 0 Å². The molecule has 0 amide bonds. The second-order valence-electron chi connectivity index (χ2n) is 8.49. The maximum atomic E-state index is 5.93. The van der Waals surface area contributed by atoms with Gasteiger partial charge in [-0.25, -0.2) is 0 Å². The Morgan fingerprint density at radius 3 is 1.10 bits per heavy atom. The third kappa shape index (κ3) is 18.5. The molecule has 0 unspecified atom stereocenters. The Bertz CT molecular complexity index is 312. The lowest BCUT2D eigenvalue weighted by atomic mass is 10.0. The van der Waals surface area contributed by atoms with Crippen LogP contribution in [0.25, 0.3) is 0 Å². The van der Waals surface area contributed by atoms with Gasteiger partial charge in [0, 0.05) is 25.9 Å². The Labute approximate surface area is 184 Å². The third-order valence-electron chi connectivity index (χ3n) is 5.43. The highest BCUT2D eigenvalue weighted by Crippen LogP contribution is 2.21. The molecule has 0 spiro atoms. The summed E-state index contributed by atoms with van der Waals surface area (Å²) in [4.78, 5) is 2.29. The number of hydrogen-bond acceptors (Lipinski definition) is 4. The zero-order valence-corrected chi connectivity index (χ0v) is 21.6. The summed E-state index contributed by atoms with van der Waals surface area (Å²) in [5.74, 6) is 0. The summed E-state index contributed by atoms with van der Waals surface area (Å²) in [5.41, 5.74) is 0. The van der Waals surface area contributed by atoms with Gasteiger partial charge in [-0.05, 0) is 54.3 Å². The van der Waals surface area contributed by atoms with Crippen LogP contribution in [0.5, 0.6) is 0 Å². The Kier molecular flexibility index (Phi) is 21.3. The van der Waals surface area contributed by atoms with Crippen molar-refractivity contribution in [1.29, 1.82) is 0 Å². The van der Waals surface area contributed by atoms with Crippen molar-refractivity contribution >= 4 is 8.80 Å². The molecule has 4 nitrogen and oxygen atoms in total. The molecule has 5 heteroatoms. The molecule has 0 fully saturated rings. The molecule has 0 heterocycles. The van der Waals surface area contributed by atoms with Crippen molar-refractivity contribution in [3.8, 4) is 0 Å². The van der Waals surface area contributed by atoms with E-state index in [1.165, 1.54) is 96.4 Å². The average molecular weight is 432 g/mol. The highest BCUT2D eigenvalue weighted by Gasteiger charge is 2.39. The molecule has 0 rings (SSSR count). The van der Waals surface area contributed by atoms with Crippen molar-refractivity contribution in [2.45, 2.75) is 117 Å². The fourth-order valence-electron chi connectivity index (χ4n) is 3.89. The van der Waals surface area contributed by atoms with Gasteiger partial charge < -0.3 is 18.2 Å². The van der Waals surface area contributed by atoms with E-state index in [2.05, 4.69) is 19.0 Å². The molecule has 0 aliphatic rings. The minimum absolute atomic E-state index is 0.683. The van der Waals surface area contributed by atoms with Gasteiger partial charge in [-0.3, -0.25) is 0 Å². The molecule has 0 saturated heterocycles. The van der Waals surface area contributed by atoms with Gasteiger partial charge in [0.2, 0.25) is 0 Å². The van der Waals surface area contributed by atoms with E-state index in [4.69, 9.17) is 13.3 Å². The Hall–Kier alpha value is 0.0569. The van der Waals surface area contributed by atoms with E-state index in [1.807, 2.05) is 20.8 Å². The quantitative estimate of drug-likeness (QED) is 0.128. The Balaban J connectivity index is 3.45. The fourth-order valence-corrected chi connectivity index (χ4v) is 6.58. The lowest BCUT2D eigenvalue weighted by molar-refractivity contribution is 0.0706. The lowest BCUT2D eigenvalue weighted by Gasteiger charge is -2.28. The summed E-state index contributed by atoms with van der Waals surface area (Å²) in [6, 6.07) is 0.970. The highest BCUT2D eigenvalue weighted by atomic mass is 28.4. The molecule has 0 aromatic rings. The van der Waals surface area contributed by atoms with Crippen LogP contribution in [0.1, 0.15) is 111 Å². The molecule has 176 valence electrons. The second-order valence-corrected chi connectivity index (χ2v) is 11.2. The van der Waals surface area contributed by atoms with Crippen molar-refractivity contribution in [3.63, 3.8) is 0 Å². The number of hydrogen-bond donors (Lipinski definition) is 0. The maximum absolute atomic E-state index is 5.93. The van der Waals surface area contributed by atoms with Gasteiger partial charge in [-0.2, -0.15) is 0 Å². The number of rotatable bonds is 23. The smallest absolute Gasteiger partial charge is 0.374 e. The molecule has 0 aromatic heterocycles. The van der Waals surface area contributed by atoms with Crippen molar-refractivity contribution in [1.82, 2.24) is 4.90 Å². The van der Waals surface area contributed by atoms with E-state index < -0.39 is 8.80 Å². The first kappa shape index (κ1) is 29.1. The molecule has 0 aromatic carbocycles. The van der Waals surface area contributed by atoms with Gasteiger partial charge in [0.25, 0.3) is 0 Å². The molecule has 0 aliphatic carbocycles. The first-order valence-corrected chi connectivity index (χ1v) is 14.6. The van der Waals surface area contributed by atoms with E-state index in [9.17, 15) is 0 Å². The molecule has 0 saturated carbocycles. The minimum atomic E-state index is -2.41. The van der Waals surface area contributed by atoms with E-state index in [0.717, 1.165) is 6.04 Å². The fraction of sp³-hybridized carbons (Fsp3) is 1.00. The van der Waals surface area contributed by atoms with Crippen LogP contribution < -0.4 is 0 Å². The molecule has 0 aliphatic heterocycles. The normalized spacial score (nSPS) is 12.2. The predicted molar refractivity (Wildman–Crippen MR) is 129 cm³/mol. The summed E-state index contributed by atoms with van der Waals surface area (Å²) < 4.78 is 17.8. The van der Waals surface area contributed by atoms with Gasteiger partial charge in [-0.1, -0.05) is 77.0 Å². The zero-order valence-electron chi connectivity index (χ0n) is 20.6. The first-order chi connectivity index (χ1) is 14.1. The van der Waals surface area contributed by atoms with Crippen LogP contribution in [-0.4, -0.2) is 54.2 Å². The van der Waals surface area contributed by atoms with Gasteiger partial charge in [-0.15, -0.1) is 0 Å². The summed E-state index contributed by atoms with van der Waals surface area (Å²) >= 11 is 0. The standard InChI is InChI=1S/C24H53NO3Si/c1-6-26-29(27-7-2,28-8-3)24-22-20-18-16-14-12-10-9-11-13-15-17-19-21-23-25(4)5/h6-24H2,1-5H3. The highest BCUT2D eigenvalue weighted by molar-refractivity contribution is 6.60. The lowest BCUT2D eigenvalue weighted by Crippen LogP contribution is -2.45. The summed E-state index contributed by atoms with van der Waals surface area (Å²) in [6.45, 7) is 9.40. The molecule has 0 N–H and O–H groups in total. The Morgan fingerprint density at radius 2 is 0.793 bits per heavy atom. The Morgan fingerprint density at radius 1 is 0.483 bits per heavy atom. The average Bonchev–Trinajstić information content (AvgIpc) is 2.68. The van der Waals surface area contributed by atoms with Crippen LogP contribution in [0.15, 0.2) is 0 Å².